The van der Waals surface area contributed by atoms with Crippen LogP contribution in [0.5, 0.6) is 11.5 Å². The fourth-order valence-corrected chi connectivity index (χ4v) is 4.46. The molecule has 1 fully saturated rings. The topological polar surface area (TPSA) is 80.2 Å². The summed E-state index contributed by atoms with van der Waals surface area (Å²) in [5, 5.41) is 14.1. The number of aliphatic imine (C=N–C) groups is 1. The van der Waals surface area contributed by atoms with Gasteiger partial charge in [0.25, 0.3) is 0 Å². The van der Waals surface area contributed by atoms with Crippen LogP contribution in [0, 0.1) is 0 Å². The first-order chi connectivity index (χ1) is 13.1. The predicted octanol–water partition coefficient (Wildman–Crippen LogP) is 3.28. The molecular formula is C21H26N2O4. The Hall–Kier alpha value is -2.50. The van der Waals surface area contributed by atoms with E-state index in [2.05, 4.69) is 5.32 Å². The molecule has 3 atom stereocenters. The molecule has 0 aromatic heterocycles. The number of aliphatic hydroxyl groups is 1. The number of ether oxygens (including phenoxy) is 2. The summed E-state index contributed by atoms with van der Waals surface area (Å²) < 4.78 is 10.6. The molecule has 1 unspecified atom stereocenters. The Kier molecular flexibility index (Phi) is 4.81. The maximum Gasteiger partial charge on any atom is 0.170 e. The summed E-state index contributed by atoms with van der Waals surface area (Å²) in [6.45, 7) is 0. The van der Waals surface area contributed by atoms with Crippen LogP contribution in [0.4, 0.5) is 0 Å². The van der Waals surface area contributed by atoms with Gasteiger partial charge in [0.2, 0.25) is 0 Å². The number of aliphatic hydroxyl groups excluding tert-OH is 1. The number of carbonyl (C=O) groups is 1. The lowest BCUT2D eigenvalue weighted by Gasteiger charge is -2.25. The van der Waals surface area contributed by atoms with Gasteiger partial charge >= 0.3 is 0 Å². The van der Waals surface area contributed by atoms with Gasteiger partial charge in [0.1, 0.15) is 11.6 Å². The van der Waals surface area contributed by atoms with Crippen molar-refractivity contribution in [3.63, 3.8) is 0 Å². The number of amidine groups is 1. The van der Waals surface area contributed by atoms with Crippen LogP contribution in [0.25, 0.3) is 0 Å². The Bertz CT molecular complexity index is 814. The number of carbonyl (C=O) groups excluding carboxylic acids is 1. The molecule has 3 aliphatic rings. The molecule has 2 aliphatic carbocycles. The minimum atomic E-state index is -0.0784. The zero-order chi connectivity index (χ0) is 19.0. The van der Waals surface area contributed by atoms with Crippen LogP contribution in [0.1, 0.15) is 50.0 Å². The van der Waals surface area contributed by atoms with Crippen LogP contribution in [0.2, 0.25) is 0 Å². The van der Waals surface area contributed by atoms with Crippen LogP contribution in [-0.2, 0) is 4.79 Å². The Morgan fingerprint density at radius 2 is 1.89 bits per heavy atom. The van der Waals surface area contributed by atoms with E-state index in [0.717, 1.165) is 18.4 Å². The predicted molar refractivity (Wildman–Crippen MR) is 103 cm³/mol. The largest absolute Gasteiger partial charge is 0.511 e. The van der Waals surface area contributed by atoms with Gasteiger partial charge in [-0.05, 0) is 36.5 Å². The Morgan fingerprint density at radius 1 is 1.11 bits per heavy atom. The average molecular weight is 370 g/mol. The fraction of sp³-hybridized carbons (Fsp3) is 0.524. The van der Waals surface area contributed by atoms with Gasteiger partial charge in [0.15, 0.2) is 17.3 Å². The first kappa shape index (κ1) is 17.9. The molecule has 1 saturated carbocycles. The number of ketones is 1. The van der Waals surface area contributed by atoms with Crippen LogP contribution in [0.15, 0.2) is 34.5 Å². The van der Waals surface area contributed by atoms with E-state index in [1.165, 1.54) is 12.8 Å². The molecule has 144 valence electrons. The number of hydrogen-bond acceptors (Lipinski definition) is 6. The first-order valence-electron chi connectivity index (χ1n) is 9.62. The summed E-state index contributed by atoms with van der Waals surface area (Å²) in [4.78, 5) is 17.6. The number of benzene rings is 1. The van der Waals surface area contributed by atoms with Crippen molar-refractivity contribution in [2.45, 2.75) is 56.5 Å². The Labute approximate surface area is 159 Å². The molecule has 0 amide bonds. The van der Waals surface area contributed by atoms with E-state index in [4.69, 9.17) is 14.5 Å². The lowest BCUT2D eigenvalue weighted by molar-refractivity contribution is -0.116. The average Bonchev–Trinajstić information content (AvgIpc) is 3.10. The van der Waals surface area contributed by atoms with E-state index in [-0.39, 0.29) is 23.5 Å². The van der Waals surface area contributed by atoms with Gasteiger partial charge in [0.05, 0.1) is 25.8 Å². The van der Waals surface area contributed by atoms with Crippen molar-refractivity contribution in [3.8, 4) is 11.5 Å². The molecule has 4 rings (SSSR count). The van der Waals surface area contributed by atoms with Gasteiger partial charge in [-0.3, -0.25) is 9.79 Å². The quantitative estimate of drug-likeness (QED) is 0.850. The standard InChI is InChI=1S/C21H26N2O4/c1-26-18-8-7-12(11-19(18)27-2)13-9-16(24)20(17(25)10-13)21-22-14-5-3-4-6-15(14)23-21/h7-8,11,13-15,24H,3-6,9-10H2,1-2H3,(H,22,23)/t13?,14-,15-/m1/s1. The second kappa shape index (κ2) is 7.25. The summed E-state index contributed by atoms with van der Waals surface area (Å²) in [6, 6.07) is 6.20. The zero-order valence-electron chi connectivity index (χ0n) is 15.8. The van der Waals surface area contributed by atoms with Gasteiger partial charge in [-0.15, -0.1) is 0 Å². The van der Waals surface area contributed by atoms with Crippen molar-refractivity contribution >= 4 is 11.6 Å². The SMILES string of the molecule is COc1ccc(C2CC(=O)C(C3=N[C@@H]4CCCC[C@H]4N3)=C(O)C2)cc1OC. The maximum absolute atomic E-state index is 12.9. The second-order valence-corrected chi connectivity index (χ2v) is 7.54. The minimum Gasteiger partial charge on any atom is -0.511 e. The Morgan fingerprint density at radius 3 is 2.59 bits per heavy atom. The highest BCUT2D eigenvalue weighted by molar-refractivity contribution is 6.23. The highest BCUT2D eigenvalue weighted by Crippen LogP contribution is 2.38. The molecular weight excluding hydrogens is 344 g/mol. The molecule has 27 heavy (non-hydrogen) atoms. The summed E-state index contributed by atoms with van der Waals surface area (Å²) in [7, 11) is 3.18. The number of hydrogen-bond donors (Lipinski definition) is 2. The maximum atomic E-state index is 12.9. The molecule has 6 nitrogen and oxygen atoms in total. The number of nitrogens with zero attached hydrogens (tertiary/aromatic N) is 1. The molecule has 1 heterocycles. The normalized spacial score (nSPS) is 27.7. The van der Waals surface area contributed by atoms with E-state index >= 15 is 0 Å². The van der Waals surface area contributed by atoms with E-state index in [0.29, 0.717) is 41.8 Å². The van der Waals surface area contributed by atoms with E-state index < -0.39 is 0 Å². The van der Waals surface area contributed by atoms with Crippen LogP contribution in [0.3, 0.4) is 0 Å². The summed E-state index contributed by atoms with van der Waals surface area (Å²) in [5.41, 5.74) is 1.35. The van der Waals surface area contributed by atoms with E-state index in [1.807, 2.05) is 18.2 Å². The van der Waals surface area contributed by atoms with Crippen LogP contribution >= 0.6 is 0 Å². The number of Topliss-reactive ketones (excluding diaryl/α,β-unsaturated/α-hetero) is 1. The van der Waals surface area contributed by atoms with Crippen molar-refractivity contribution in [1.29, 1.82) is 0 Å². The zero-order valence-corrected chi connectivity index (χ0v) is 15.8. The Balaban J connectivity index is 1.57. The summed E-state index contributed by atoms with van der Waals surface area (Å²) in [6.07, 6.45) is 5.28. The molecule has 1 aliphatic heterocycles. The highest BCUT2D eigenvalue weighted by atomic mass is 16.5. The minimum absolute atomic E-state index is 0.0524. The third kappa shape index (κ3) is 3.29. The van der Waals surface area contributed by atoms with Crippen LogP contribution in [-0.4, -0.2) is 43.0 Å². The molecule has 0 saturated heterocycles. The van der Waals surface area contributed by atoms with Crippen molar-refractivity contribution in [2.75, 3.05) is 14.2 Å². The third-order valence-electron chi connectivity index (χ3n) is 5.90. The monoisotopic (exact) mass is 370 g/mol. The second-order valence-electron chi connectivity index (χ2n) is 7.54. The molecule has 0 radical (unpaired) electrons. The molecule has 6 heteroatoms. The van der Waals surface area contributed by atoms with Gasteiger partial charge in [0, 0.05) is 18.9 Å². The molecule has 1 aromatic rings. The van der Waals surface area contributed by atoms with Crippen molar-refractivity contribution in [2.24, 2.45) is 4.99 Å². The number of fused-ring (bicyclic) bond motifs is 1. The van der Waals surface area contributed by atoms with Crippen molar-refractivity contribution < 1.29 is 19.4 Å². The fourth-order valence-electron chi connectivity index (χ4n) is 4.46. The van der Waals surface area contributed by atoms with Gasteiger partial charge in [-0.1, -0.05) is 18.9 Å². The number of rotatable bonds is 4. The van der Waals surface area contributed by atoms with Gasteiger partial charge < -0.3 is 19.9 Å². The summed E-state index contributed by atoms with van der Waals surface area (Å²) >= 11 is 0. The summed E-state index contributed by atoms with van der Waals surface area (Å²) in [5.74, 6) is 1.88. The number of nitrogens with one attached hydrogen (secondary N) is 1. The van der Waals surface area contributed by atoms with Gasteiger partial charge in [-0.25, -0.2) is 0 Å². The third-order valence-corrected chi connectivity index (χ3v) is 5.90. The van der Waals surface area contributed by atoms with E-state index in [9.17, 15) is 9.90 Å². The molecule has 1 aromatic carbocycles. The number of methoxy groups -OCH3 is 2. The lowest BCUT2D eigenvalue weighted by atomic mass is 9.82. The van der Waals surface area contributed by atoms with Crippen LogP contribution < -0.4 is 14.8 Å². The van der Waals surface area contributed by atoms with Crippen molar-refractivity contribution in [3.05, 3.63) is 35.1 Å². The highest BCUT2D eigenvalue weighted by Gasteiger charge is 2.37. The lowest BCUT2D eigenvalue weighted by Crippen LogP contribution is -2.39. The van der Waals surface area contributed by atoms with E-state index in [1.54, 1.807) is 14.2 Å². The number of allylic oxidation sites excluding steroid dienone is 1. The van der Waals surface area contributed by atoms with Gasteiger partial charge in [-0.2, -0.15) is 0 Å². The molecule has 0 bridgehead atoms. The molecule has 0 spiro atoms. The smallest absolute Gasteiger partial charge is 0.170 e. The molecule has 2 N–H and O–H groups in total. The van der Waals surface area contributed by atoms with Crippen molar-refractivity contribution in [1.82, 2.24) is 5.32 Å². The first-order valence-corrected chi connectivity index (χ1v) is 9.62.